The van der Waals surface area contributed by atoms with Crippen LogP contribution < -0.4 is 10.1 Å². The molecular weight excluding hydrogens is 254 g/mol. The molecule has 0 radical (unpaired) electrons. The van der Waals surface area contributed by atoms with E-state index >= 15 is 0 Å². The van der Waals surface area contributed by atoms with Crippen LogP contribution in [0.1, 0.15) is 5.56 Å². The maximum atomic E-state index is 11.8. The third-order valence-electron chi connectivity index (χ3n) is 2.63. The first-order valence-electron chi connectivity index (χ1n) is 5.58. The fourth-order valence-corrected chi connectivity index (χ4v) is 1.88. The van der Waals surface area contributed by atoms with Crippen LogP contribution in [-0.2, 0) is 0 Å². The molecule has 1 aliphatic heterocycles. The highest BCUT2D eigenvalue weighted by molar-refractivity contribution is 6.32. The predicted molar refractivity (Wildman–Crippen MR) is 66.6 cm³/mol. The number of nitriles is 1. The van der Waals surface area contributed by atoms with Gasteiger partial charge >= 0.3 is 6.09 Å². The Morgan fingerprint density at radius 3 is 2.78 bits per heavy atom. The molecule has 1 aromatic carbocycles. The van der Waals surface area contributed by atoms with Crippen LogP contribution in [-0.4, -0.2) is 37.2 Å². The summed E-state index contributed by atoms with van der Waals surface area (Å²) in [5.41, 5.74) is 0.432. The van der Waals surface area contributed by atoms with Crippen LogP contribution in [0.3, 0.4) is 0 Å². The van der Waals surface area contributed by atoms with E-state index in [1.807, 2.05) is 6.07 Å². The summed E-state index contributed by atoms with van der Waals surface area (Å²) in [7, 11) is 0. The third-order valence-corrected chi connectivity index (χ3v) is 2.93. The molecule has 94 valence electrons. The number of halogens is 1. The maximum Gasteiger partial charge on any atom is 0.415 e. The number of nitrogens with one attached hydrogen (secondary N) is 1. The van der Waals surface area contributed by atoms with E-state index in [0.29, 0.717) is 18.7 Å². The van der Waals surface area contributed by atoms with Crippen molar-refractivity contribution in [1.29, 1.82) is 5.26 Å². The van der Waals surface area contributed by atoms with Crippen molar-refractivity contribution in [2.45, 2.75) is 0 Å². The second-order valence-corrected chi connectivity index (χ2v) is 4.27. The Morgan fingerprint density at radius 2 is 2.17 bits per heavy atom. The van der Waals surface area contributed by atoms with Crippen LogP contribution >= 0.6 is 11.6 Å². The number of benzene rings is 1. The highest BCUT2D eigenvalue weighted by atomic mass is 35.5. The summed E-state index contributed by atoms with van der Waals surface area (Å²) >= 11 is 5.93. The van der Waals surface area contributed by atoms with Gasteiger partial charge in [0.1, 0.15) is 0 Å². The van der Waals surface area contributed by atoms with Gasteiger partial charge in [-0.3, -0.25) is 0 Å². The Morgan fingerprint density at radius 1 is 1.44 bits per heavy atom. The zero-order valence-electron chi connectivity index (χ0n) is 9.65. The predicted octanol–water partition coefficient (Wildman–Crippen LogP) is 1.62. The Balaban J connectivity index is 2.04. The standard InChI is InChI=1S/C12H12ClN3O2/c13-10-7-9(8-14)1-2-11(10)18-12(17)16-5-3-15-4-6-16/h1-2,7,15H,3-6H2. The SMILES string of the molecule is N#Cc1ccc(OC(=O)N2CCNCC2)c(Cl)c1. The summed E-state index contributed by atoms with van der Waals surface area (Å²) < 4.78 is 5.20. The van der Waals surface area contributed by atoms with Gasteiger partial charge in [-0.1, -0.05) is 11.6 Å². The van der Waals surface area contributed by atoms with Crippen molar-refractivity contribution in [3.05, 3.63) is 28.8 Å². The van der Waals surface area contributed by atoms with Gasteiger partial charge in [0.15, 0.2) is 5.75 Å². The minimum absolute atomic E-state index is 0.262. The monoisotopic (exact) mass is 265 g/mol. The number of hydrogen-bond donors (Lipinski definition) is 1. The summed E-state index contributed by atoms with van der Waals surface area (Å²) in [4.78, 5) is 13.4. The summed E-state index contributed by atoms with van der Waals surface area (Å²) in [6.45, 7) is 2.76. The fraction of sp³-hybridized carbons (Fsp3) is 0.333. The number of carbonyl (C=O) groups excluding carboxylic acids is 1. The van der Waals surface area contributed by atoms with Crippen molar-refractivity contribution >= 4 is 17.7 Å². The molecule has 1 saturated heterocycles. The molecule has 18 heavy (non-hydrogen) atoms. The van der Waals surface area contributed by atoms with E-state index in [1.165, 1.54) is 12.1 Å². The zero-order chi connectivity index (χ0) is 13.0. The molecule has 2 rings (SSSR count). The van der Waals surface area contributed by atoms with Crippen LogP contribution in [0.25, 0.3) is 0 Å². The third kappa shape index (κ3) is 2.92. The summed E-state index contributed by atoms with van der Waals surface area (Å²) in [6, 6.07) is 6.53. The van der Waals surface area contributed by atoms with E-state index in [1.54, 1.807) is 11.0 Å². The number of ether oxygens (including phenoxy) is 1. The van der Waals surface area contributed by atoms with Crippen molar-refractivity contribution in [3.63, 3.8) is 0 Å². The van der Waals surface area contributed by atoms with E-state index < -0.39 is 6.09 Å². The van der Waals surface area contributed by atoms with Gasteiger partial charge in [0.25, 0.3) is 0 Å². The maximum absolute atomic E-state index is 11.8. The molecule has 5 nitrogen and oxygen atoms in total. The Labute approximate surface area is 110 Å². The molecule has 0 aromatic heterocycles. The molecule has 0 atom stereocenters. The average molecular weight is 266 g/mol. The van der Waals surface area contributed by atoms with Crippen molar-refractivity contribution < 1.29 is 9.53 Å². The molecule has 6 heteroatoms. The minimum atomic E-state index is -0.414. The molecule has 1 heterocycles. The highest BCUT2D eigenvalue weighted by Gasteiger charge is 2.19. The Kier molecular flexibility index (Phi) is 4.03. The Hall–Kier alpha value is -1.77. The molecule has 1 N–H and O–H groups in total. The van der Waals surface area contributed by atoms with Gasteiger partial charge in [0.2, 0.25) is 0 Å². The molecule has 1 amide bonds. The molecule has 1 fully saturated rings. The van der Waals surface area contributed by atoms with E-state index in [-0.39, 0.29) is 10.8 Å². The lowest BCUT2D eigenvalue weighted by Gasteiger charge is -2.26. The first-order valence-corrected chi connectivity index (χ1v) is 5.95. The van der Waals surface area contributed by atoms with E-state index in [2.05, 4.69) is 5.32 Å². The molecule has 0 unspecified atom stereocenters. The lowest BCUT2D eigenvalue weighted by Crippen LogP contribution is -2.47. The fourth-order valence-electron chi connectivity index (χ4n) is 1.66. The second kappa shape index (κ2) is 5.71. The van der Waals surface area contributed by atoms with E-state index in [9.17, 15) is 4.79 Å². The first kappa shape index (κ1) is 12.7. The number of hydrogen-bond acceptors (Lipinski definition) is 4. The number of amides is 1. The number of rotatable bonds is 1. The molecule has 0 spiro atoms. The van der Waals surface area contributed by atoms with Crippen LogP contribution in [0.2, 0.25) is 5.02 Å². The van der Waals surface area contributed by atoms with Crippen molar-refractivity contribution in [2.24, 2.45) is 0 Å². The van der Waals surface area contributed by atoms with Gasteiger partial charge in [-0.25, -0.2) is 4.79 Å². The van der Waals surface area contributed by atoms with Gasteiger partial charge < -0.3 is 15.0 Å². The molecule has 0 saturated carbocycles. The molecule has 0 aliphatic carbocycles. The Bertz CT molecular complexity index is 493. The van der Waals surface area contributed by atoms with Crippen LogP contribution in [0.15, 0.2) is 18.2 Å². The number of carbonyl (C=O) groups is 1. The van der Waals surface area contributed by atoms with Crippen LogP contribution in [0.5, 0.6) is 5.75 Å². The van der Waals surface area contributed by atoms with Gasteiger partial charge in [-0.05, 0) is 18.2 Å². The highest BCUT2D eigenvalue weighted by Crippen LogP contribution is 2.25. The minimum Gasteiger partial charge on any atom is -0.409 e. The normalized spacial score (nSPS) is 15.0. The van der Waals surface area contributed by atoms with Crippen molar-refractivity contribution in [3.8, 4) is 11.8 Å². The first-order chi connectivity index (χ1) is 8.70. The molecule has 0 bridgehead atoms. The van der Waals surface area contributed by atoms with Crippen molar-refractivity contribution in [2.75, 3.05) is 26.2 Å². The van der Waals surface area contributed by atoms with Crippen LogP contribution in [0, 0.1) is 11.3 Å². The molecule has 1 aliphatic rings. The zero-order valence-corrected chi connectivity index (χ0v) is 10.4. The van der Waals surface area contributed by atoms with E-state index in [0.717, 1.165) is 13.1 Å². The largest absolute Gasteiger partial charge is 0.415 e. The average Bonchev–Trinajstić information content (AvgIpc) is 2.42. The summed E-state index contributed by atoms with van der Waals surface area (Å²) in [5, 5.41) is 12.1. The van der Waals surface area contributed by atoms with Gasteiger partial charge in [0.05, 0.1) is 16.7 Å². The summed E-state index contributed by atoms with van der Waals surface area (Å²) in [5.74, 6) is 0.277. The van der Waals surface area contributed by atoms with Crippen LogP contribution in [0.4, 0.5) is 4.79 Å². The molecule has 1 aromatic rings. The topological polar surface area (TPSA) is 65.4 Å². The lowest BCUT2D eigenvalue weighted by atomic mass is 10.2. The number of nitrogens with zero attached hydrogens (tertiary/aromatic N) is 2. The number of piperazine rings is 1. The molecular formula is C12H12ClN3O2. The van der Waals surface area contributed by atoms with Gasteiger partial charge in [-0.2, -0.15) is 5.26 Å². The second-order valence-electron chi connectivity index (χ2n) is 3.86. The summed E-state index contributed by atoms with van der Waals surface area (Å²) in [6.07, 6.45) is -0.414. The van der Waals surface area contributed by atoms with Crippen molar-refractivity contribution in [1.82, 2.24) is 10.2 Å². The lowest BCUT2D eigenvalue weighted by molar-refractivity contribution is 0.146. The quantitative estimate of drug-likeness (QED) is 0.838. The van der Waals surface area contributed by atoms with Gasteiger partial charge in [-0.15, -0.1) is 0 Å². The van der Waals surface area contributed by atoms with Gasteiger partial charge in [0, 0.05) is 26.2 Å². The smallest absolute Gasteiger partial charge is 0.409 e. The van der Waals surface area contributed by atoms with E-state index in [4.69, 9.17) is 21.6 Å².